The van der Waals surface area contributed by atoms with E-state index in [0.29, 0.717) is 18.7 Å². The van der Waals surface area contributed by atoms with Crippen molar-refractivity contribution in [1.29, 1.82) is 0 Å². The number of carbonyl (C=O) groups is 2. The van der Waals surface area contributed by atoms with Gasteiger partial charge in [0.05, 0.1) is 17.3 Å². The van der Waals surface area contributed by atoms with E-state index in [4.69, 9.17) is 11.6 Å². The average molecular weight is 372 g/mol. The Kier molecular flexibility index (Phi) is 5.78. The van der Waals surface area contributed by atoms with Crippen LogP contribution in [0.15, 0.2) is 48.5 Å². The van der Waals surface area contributed by atoms with Crippen LogP contribution in [0.5, 0.6) is 0 Å². The molecule has 1 aliphatic heterocycles. The van der Waals surface area contributed by atoms with E-state index in [0.717, 1.165) is 29.4 Å². The molecule has 1 heterocycles. The first-order chi connectivity index (χ1) is 12.5. The third kappa shape index (κ3) is 4.35. The van der Waals surface area contributed by atoms with Crippen molar-refractivity contribution in [2.24, 2.45) is 0 Å². The summed E-state index contributed by atoms with van der Waals surface area (Å²) in [5.74, 6) is -0.294. The second-order valence-corrected chi connectivity index (χ2v) is 6.78. The van der Waals surface area contributed by atoms with E-state index in [1.165, 1.54) is 0 Å². The van der Waals surface area contributed by atoms with Gasteiger partial charge in [-0.3, -0.25) is 9.59 Å². The molecule has 136 valence electrons. The summed E-state index contributed by atoms with van der Waals surface area (Å²) in [6.45, 7) is 4.66. The van der Waals surface area contributed by atoms with Crippen LogP contribution in [0.25, 0.3) is 0 Å². The normalized spacial score (nSPS) is 14.2. The van der Waals surface area contributed by atoms with Crippen LogP contribution in [0.4, 0.5) is 5.69 Å². The van der Waals surface area contributed by atoms with Gasteiger partial charge in [-0.25, -0.2) is 0 Å². The van der Waals surface area contributed by atoms with E-state index in [1.807, 2.05) is 43.3 Å². The summed E-state index contributed by atoms with van der Waals surface area (Å²) >= 11 is 6.24. The number of amides is 2. The minimum atomic E-state index is -0.229. The highest BCUT2D eigenvalue weighted by molar-refractivity contribution is 6.33. The molecule has 5 nitrogen and oxygen atoms in total. The van der Waals surface area contributed by atoms with Crippen LogP contribution >= 0.6 is 11.6 Å². The number of hydrogen-bond donors (Lipinski definition) is 1. The van der Waals surface area contributed by atoms with Crippen LogP contribution in [-0.2, 0) is 4.79 Å². The standard InChI is InChI=1S/C20H22ClN3O2/c1-15-6-8-16(9-7-15)20(26)22-14-19(25)24-12-10-23(11-13-24)18-5-3-2-4-17(18)21/h2-9H,10-14H2,1H3,(H,22,26). The molecular weight excluding hydrogens is 350 g/mol. The lowest BCUT2D eigenvalue weighted by atomic mass is 10.1. The van der Waals surface area contributed by atoms with Crippen molar-refractivity contribution < 1.29 is 9.59 Å². The van der Waals surface area contributed by atoms with Gasteiger partial charge in [-0.15, -0.1) is 0 Å². The molecule has 3 rings (SSSR count). The van der Waals surface area contributed by atoms with Crippen LogP contribution in [0, 0.1) is 6.92 Å². The predicted molar refractivity (Wildman–Crippen MR) is 104 cm³/mol. The fraction of sp³-hybridized carbons (Fsp3) is 0.300. The minimum Gasteiger partial charge on any atom is -0.367 e. The second-order valence-electron chi connectivity index (χ2n) is 6.37. The first-order valence-corrected chi connectivity index (χ1v) is 9.04. The molecule has 0 aliphatic carbocycles. The molecule has 6 heteroatoms. The molecule has 0 aromatic heterocycles. The number of rotatable bonds is 4. The van der Waals surface area contributed by atoms with Crippen LogP contribution in [0.3, 0.4) is 0 Å². The van der Waals surface area contributed by atoms with Gasteiger partial charge in [0.2, 0.25) is 5.91 Å². The number of carbonyl (C=O) groups excluding carboxylic acids is 2. The lowest BCUT2D eigenvalue weighted by Crippen LogP contribution is -2.51. The van der Waals surface area contributed by atoms with Gasteiger partial charge in [-0.2, -0.15) is 0 Å². The number of piperazine rings is 1. The van der Waals surface area contributed by atoms with Crippen molar-refractivity contribution in [1.82, 2.24) is 10.2 Å². The highest BCUT2D eigenvalue weighted by Gasteiger charge is 2.22. The number of hydrogen-bond acceptors (Lipinski definition) is 3. The first kappa shape index (κ1) is 18.3. The van der Waals surface area contributed by atoms with E-state index >= 15 is 0 Å². The van der Waals surface area contributed by atoms with E-state index in [-0.39, 0.29) is 18.4 Å². The topological polar surface area (TPSA) is 52.7 Å². The summed E-state index contributed by atoms with van der Waals surface area (Å²) in [5.41, 5.74) is 2.65. The lowest BCUT2D eigenvalue weighted by molar-refractivity contribution is -0.130. The maximum Gasteiger partial charge on any atom is 0.251 e. The van der Waals surface area contributed by atoms with Gasteiger partial charge in [0.25, 0.3) is 5.91 Å². The third-order valence-electron chi connectivity index (χ3n) is 4.54. The summed E-state index contributed by atoms with van der Waals surface area (Å²) in [6.07, 6.45) is 0. The Morgan fingerprint density at radius 2 is 1.65 bits per heavy atom. The van der Waals surface area contributed by atoms with Gasteiger partial charge in [-0.1, -0.05) is 41.4 Å². The SMILES string of the molecule is Cc1ccc(C(=O)NCC(=O)N2CCN(c3ccccc3Cl)CC2)cc1. The van der Waals surface area contributed by atoms with Gasteiger partial charge in [0.1, 0.15) is 0 Å². The smallest absolute Gasteiger partial charge is 0.251 e. The number of anilines is 1. The zero-order valence-corrected chi connectivity index (χ0v) is 15.5. The molecular formula is C20H22ClN3O2. The molecule has 2 aromatic carbocycles. The molecule has 1 saturated heterocycles. The Morgan fingerprint density at radius 1 is 1.00 bits per heavy atom. The van der Waals surface area contributed by atoms with Crippen LogP contribution < -0.4 is 10.2 Å². The van der Waals surface area contributed by atoms with Crippen LogP contribution in [0.2, 0.25) is 5.02 Å². The molecule has 1 N–H and O–H groups in total. The van der Waals surface area contributed by atoms with Crippen LogP contribution in [0.1, 0.15) is 15.9 Å². The molecule has 0 radical (unpaired) electrons. The van der Waals surface area contributed by atoms with Gasteiger partial charge < -0.3 is 15.1 Å². The largest absolute Gasteiger partial charge is 0.367 e. The zero-order chi connectivity index (χ0) is 18.5. The second kappa shape index (κ2) is 8.23. The fourth-order valence-electron chi connectivity index (χ4n) is 2.98. The van der Waals surface area contributed by atoms with Gasteiger partial charge in [0.15, 0.2) is 0 Å². The van der Waals surface area contributed by atoms with Crippen molar-refractivity contribution in [3.8, 4) is 0 Å². The lowest BCUT2D eigenvalue weighted by Gasteiger charge is -2.36. The van der Waals surface area contributed by atoms with E-state index in [9.17, 15) is 9.59 Å². The van der Waals surface area contributed by atoms with Crippen molar-refractivity contribution >= 4 is 29.1 Å². The number of nitrogens with zero attached hydrogens (tertiary/aromatic N) is 2. The number of nitrogens with one attached hydrogen (secondary N) is 1. The Morgan fingerprint density at radius 3 is 2.31 bits per heavy atom. The molecule has 0 spiro atoms. The Hall–Kier alpha value is -2.53. The molecule has 1 aliphatic rings. The van der Waals surface area contributed by atoms with Crippen molar-refractivity contribution in [3.05, 3.63) is 64.7 Å². The highest BCUT2D eigenvalue weighted by atomic mass is 35.5. The number of aryl methyl sites for hydroxylation is 1. The first-order valence-electron chi connectivity index (χ1n) is 8.67. The molecule has 0 unspecified atom stereocenters. The fourth-order valence-corrected chi connectivity index (χ4v) is 3.23. The van der Waals surface area contributed by atoms with Crippen LogP contribution in [-0.4, -0.2) is 49.4 Å². The van der Waals surface area contributed by atoms with E-state index in [2.05, 4.69) is 10.2 Å². The predicted octanol–water partition coefficient (Wildman–Crippen LogP) is 2.73. The maximum absolute atomic E-state index is 12.4. The van der Waals surface area contributed by atoms with Crippen molar-refractivity contribution in [2.75, 3.05) is 37.6 Å². The van der Waals surface area contributed by atoms with Crippen molar-refractivity contribution in [2.45, 2.75) is 6.92 Å². The molecule has 2 aromatic rings. The molecule has 2 amide bonds. The summed E-state index contributed by atoms with van der Waals surface area (Å²) in [4.78, 5) is 28.4. The number of halogens is 1. The maximum atomic E-state index is 12.4. The molecule has 1 fully saturated rings. The monoisotopic (exact) mass is 371 g/mol. The van der Waals surface area contributed by atoms with E-state index in [1.54, 1.807) is 17.0 Å². The quantitative estimate of drug-likeness (QED) is 0.899. The molecule has 0 saturated carbocycles. The Labute approximate surface area is 158 Å². The number of benzene rings is 2. The Balaban J connectivity index is 1.48. The van der Waals surface area contributed by atoms with Crippen molar-refractivity contribution in [3.63, 3.8) is 0 Å². The average Bonchev–Trinajstić information content (AvgIpc) is 2.67. The van der Waals surface area contributed by atoms with Gasteiger partial charge >= 0.3 is 0 Å². The van der Waals surface area contributed by atoms with Gasteiger partial charge in [-0.05, 0) is 31.2 Å². The Bertz CT molecular complexity index is 784. The summed E-state index contributed by atoms with van der Waals surface area (Å²) < 4.78 is 0. The molecule has 0 bridgehead atoms. The molecule has 0 atom stereocenters. The summed E-state index contributed by atoms with van der Waals surface area (Å²) in [5, 5.41) is 3.42. The summed E-state index contributed by atoms with van der Waals surface area (Å²) in [6, 6.07) is 15.0. The van der Waals surface area contributed by atoms with Gasteiger partial charge in [0, 0.05) is 31.7 Å². The zero-order valence-electron chi connectivity index (χ0n) is 14.7. The highest BCUT2D eigenvalue weighted by Crippen LogP contribution is 2.25. The molecule has 26 heavy (non-hydrogen) atoms. The number of para-hydroxylation sites is 1. The van der Waals surface area contributed by atoms with E-state index < -0.39 is 0 Å². The summed E-state index contributed by atoms with van der Waals surface area (Å²) in [7, 11) is 0. The minimum absolute atomic E-state index is 0.0127. The third-order valence-corrected chi connectivity index (χ3v) is 4.86.